The molecule has 0 N–H and O–H groups in total. The molecule has 2 aliphatic rings. The predicted molar refractivity (Wildman–Crippen MR) is 105 cm³/mol. The average Bonchev–Trinajstić information content (AvgIpc) is 2.99. The lowest BCUT2D eigenvalue weighted by atomic mass is 10.1. The number of carbonyl (C=O) groups is 3. The third-order valence-corrected chi connectivity index (χ3v) is 5.53. The summed E-state index contributed by atoms with van der Waals surface area (Å²) in [6, 6.07) is 14.1. The second-order valence-electron chi connectivity index (χ2n) is 7.17. The molecule has 2 aromatic carbocycles. The van der Waals surface area contributed by atoms with E-state index in [1.165, 1.54) is 4.90 Å². The molecule has 0 spiro atoms. The Morgan fingerprint density at radius 3 is 1.96 bits per heavy atom. The van der Waals surface area contributed by atoms with E-state index in [1.54, 1.807) is 36.4 Å². The lowest BCUT2D eigenvalue weighted by molar-refractivity contribution is 0.0630. The second-order valence-corrected chi connectivity index (χ2v) is 7.17. The summed E-state index contributed by atoms with van der Waals surface area (Å²) in [6.45, 7) is 6.63. The minimum Gasteiger partial charge on any atom is -0.336 e. The quantitative estimate of drug-likeness (QED) is 0.767. The maximum Gasteiger partial charge on any atom is 0.261 e. The maximum atomic E-state index is 12.7. The van der Waals surface area contributed by atoms with Crippen LogP contribution in [0.15, 0.2) is 48.5 Å². The van der Waals surface area contributed by atoms with Crippen molar-refractivity contribution >= 4 is 17.7 Å². The van der Waals surface area contributed by atoms with E-state index in [9.17, 15) is 14.4 Å². The first-order valence-electron chi connectivity index (χ1n) is 9.64. The van der Waals surface area contributed by atoms with Crippen molar-refractivity contribution in [1.82, 2.24) is 14.7 Å². The molecule has 0 radical (unpaired) electrons. The first-order valence-corrected chi connectivity index (χ1v) is 9.64. The molecular weight excluding hydrogens is 354 g/mol. The average molecular weight is 377 g/mol. The SMILES string of the molecule is CCN1CCN(C(=O)c2ccc(CN3C(=O)c4ccccc4C3=O)cc2)CC1. The van der Waals surface area contributed by atoms with Crippen LogP contribution >= 0.6 is 0 Å². The van der Waals surface area contributed by atoms with Gasteiger partial charge in [0.1, 0.15) is 0 Å². The molecule has 144 valence electrons. The Labute approximate surface area is 164 Å². The lowest BCUT2D eigenvalue weighted by Crippen LogP contribution is -2.48. The van der Waals surface area contributed by atoms with Gasteiger partial charge in [0.15, 0.2) is 0 Å². The molecular formula is C22H23N3O3. The first kappa shape index (κ1) is 18.4. The number of amides is 3. The van der Waals surface area contributed by atoms with E-state index in [2.05, 4.69) is 11.8 Å². The van der Waals surface area contributed by atoms with Crippen molar-refractivity contribution in [1.29, 1.82) is 0 Å². The van der Waals surface area contributed by atoms with Gasteiger partial charge in [-0.2, -0.15) is 0 Å². The number of fused-ring (bicyclic) bond motifs is 1. The number of likely N-dealkylation sites (N-methyl/N-ethyl adjacent to an activating group) is 1. The Balaban J connectivity index is 1.42. The van der Waals surface area contributed by atoms with Gasteiger partial charge >= 0.3 is 0 Å². The molecule has 2 aliphatic heterocycles. The van der Waals surface area contributed by atoms with Gasteiger partial charge in [-0.05, 0) is 36.4 Å². The van der Waals surface area contributed by atoms with Gasteiger partial charge in [0.05, 0.1) is 17.7 Å². The molecule has 1 fully saturated rings. The van der Waals surface area contributed by atoms with Crippen molar-refractivity contribution in [3.63, 3.8) is 0 Å². The first-order chi connectivity index (χ1) is 13.6. The standard InChI is InChI=1S/C22H23N3O3/c1-2-23-11-13-24(14-12-23)20(26)17-9-7-16(8-10-17)15-25-21(27)18-5-3-4-6-19(18)22(25)28/h3-10H,2,11-15H2,1H3. The van der Waals surface area contributed by atoms with Crippen LogP contribution in [0.3, 0.4) is 0 Å². The summed E-state index contributed by atoms with van der Waals surface area (Å²) in [5, 5.41) is 0. The van der Waals surface area contributed by atoms with Gasteiger partial charge < -0.3 is 9.80 Å². The number of piperazine rings is 1. The van der Waals surface area contributed by atoms with Crippen molar-refractivity contribution in [2.45, 2.75) is 13.5 Å². The lowest BCUT2D eigenvalue weighted by Gasteiger charge is -2.34. The van der Waals surface area contributed by atoms with E-state index in [4.69, 9.17) is 0 Å². The van der Waals surface area contributed by atoms with Gasteiger partial charge in [0, 0.05) is 31.7 Å². The minimum absolute atomic E-state index is 0.0306. The number of imide groups is 1. The smallest absolute Gasteiger partial charge is 0.261 e. The Morgan fingerprint density at radius 2 is 1.43 bits per heavy atom. The van der Waals surface area contributed by atoms with E-state index < -0.39 is 0 Å². The Morgan fingerprint density at radius 1 is 0.857 bits per heavy atom. The van der Waals surface area contributed by atoms with Crippen LogP contribution in [0.5, 0.6) is 0 Å². The molecule has 0 bridgehead atoms. The fourth-order valence-corrected chi connectivity index (χ4v) is 3.77. The molecule has 0 atom stereocenters. The molecule has 0 aromatic heterocycles. The van der Waals surface area contributed by atoms with Crippen molar-refractivity contribution in [3.05, 3.63) is 70.8 Å². The van der Waals surface area contributed by atoms with E-state index in [0.29, 0.717) is 16.7 Å². The van der Waals surface area contributed by atoms with Gasteiger partial charge in [0.25, 0.3) is 17.7 Å². The number of benzene rings is 2. The maximum absolute atomic E-state index is 12.7. The highest BCUT2D eigenvalue weighted by Crippen LogP contribution is 2.24. The van der Waals surface area contributed by atoms with Crippen molar-refractivity contribution in [2.75, 3.05) is 32.7 Å². The van der Waals surface area contributed by atoms with Crippen LogP contribution in [0.2, 0.25) is 0 Å². The number of hydrogen-bond acceptors (Lipinski definition) is 4. The highest BCUT2D eigenvalue weighted by molar-refractivity contribution is 6.21. The topological polar surface area (TPSA) is 60.9 Å². The molecule has 1 saturated heterocycles. The van der Waals surface area contributed by atoms with Gasteiger partial charge in [-0.1, -0.05) is 31.2 Å². The Bertz CT molecular complexity index is 880. The van der Waals surface area contributed by atoms with Crippen LogP contribution in [-0.4, -0.2) is 65.1 Å². The fourth-order valence-electron chi connectivity index (χ4n) is 3.77. The predicted octanol–water partition coefficient (Wildman–Crippen LogP) is 2.26. The van der Waals surface area contributed by atoms with Gasteiger partial charge in [0.2, 0.25) is 0 Å². The van der Waals surface area contributed by atoms with Crippen LogP contribution in [0.1, 0.15) is 43.6 Å². The number of carbonyl (C=O) groups excluding carboxylic acids is 3. The molecule has 6 heteroatoms. The van der Waals surface area contributed by atoms with Crippen LogP contribution in [0, 0.1) is 0 Å². The van der Waals surface area contributed by atoms with Crippen molar-refractivity contribution < 1.29 is 14.4 Å². The molecule has 2 heterocycles. The summed E-state index contributed by atoms with van der Waals surface area (Å²) in [7, 11) is 0. The van der Waals surface area contributed by atoms with Crippen molar-refractivity contribution in [2.24, 2.45) is 0 Å². The molecule has 28 heavy (non-hydrogen) atoms. The summed E-state index contributed by atoms with van der Waals surface area (Å²) < 4.78 is 0. The molecule has 2 aromatic rings. The number of nitrogens with zero attached hydrogens (tertiary/aromatic N) is 3. The fraction of sp³-hybridized carbons (Fsp3) is 0.318. The third-order valence-electron chi connectivity index (χ3n) is 5.53. The minimum atomic E-state index is -0.269. The van der Waals surface area contributed by atoms with Crippen LogP contribution in [-0.2, 0) is 6.54 Å². The van der Waals surface area contributed by atoms with Crippen molar-refractivity contribution in [3.8, 4) is 0 Å². The summed E-state index contributed by atoms with van der Waals surface area (Å²) >= 11 is 0. The zero-order valence-corrected chi connectivity index (χ0v) is 15.9. The highest BCUT2D eigenvalue weighted by atomic mass is 16.2. The summed E-state index contributed by atoms with van der Waals surface area (Å²) in [4.78, 5) is 43.1. The molecule has 0 saturated carbocycles. The van der Waals surface area contributed by atoms with Gasteiger partial charge in [-0.15, -0.1) is 0 Å². The molecule has 3 amide bonds. The Kier molecular flexibility index (Phi) is 4.96. The summed E-state index contributed by atoms with van der Waals surface area (Å²) in [6.07, 6.45) is 0. The molecule has 6 nitrogen and oxygen atoms in total. The normalized spacial score (nSPS) is 17.2. The van der Waals surface area contributed by atoms with E-state index >= 15 is 0 Å². The van der Waals surface area contributed by atoms with Gasteiger partial charge in [-0.25, -0.2) is 0 Å². The number of hydrogen-bond donors (Lipinski definition) is 0. The van der Waals surface area contributed by atoms with E-state index in [-0.39, 0.29) is 24.3 Å². The van der Waals surface area contributed by atoms with Gasteiger partial charge in [-0.3, -0.25) is 19.3 Å². The van der Waals surface area contributed by atoms with E-state index in [0.717, 1.165) is 38.3 Å². The zero-order chi connectivity index (χ0) is 19.7. The third kappa shape index (κ3) is 3.31. The van der Waals surface area contributed by atoms with Crippen LogP contribution < -0.4 is 0 Å². The summed E-state index contributed by atoms with van der Waals surface area (Å²) in [5.74, 6) is -0.507. The highest BCUT2D eigenvalue weighted by Gasteiger charge is 2.35. The van der Waals surface area contributed by atoms with Crippen LogP contribution in [0.25, 0.3) is 0 Å². The number of rotatable bonds is 4. The van der Waals surface area contributed by atoms with Crippen LogP contribution in [0.4, 0.5) is 0 Å². The Hall–Kier alpha value is -2.99. The zero-order valence-electron chi connectivity index (χ0n) is 15.9. The van der Waals surface area contributed by atoms with E-state index in [1.807, 2.05) is 17.0 Å². The molecule has 0 aliphatic carbocycles. The molecule has 0 unspecified atom stereocenters. The monoisotopic (exact) mass is 377 g/mol. The second kappa shape index (κ2) is 7.56. The molecule has 4 rings (SSSR count). The summed E-state index contributed by atoms with van der Waals surface area (Å²) in [5.41, 5.74) is 2.36. The largest absolute Gasteiger partial charge is 0.336 e.